The molecule has 1 saturated heterocycles. The van der Waals surface area contributed by atoms with E-state index in [-0.39, 0.29) is 17.2 Å². The first kappa shape index (κ1) is 16.1. The molecule has 2 rings (SSSR count). The molecule has 1 aliphatic heterocycles. The second-order valence-electron chi connectivity index (χ2n) is 5.06. The number of sulfonamides is 1. The summed E-state index contributed by atoms with van der Waals surface area (Å²) in [5.74, 6) is -0.906. The Balaban J connectivity index is 2.01. The Bertz CT molecular complexity index is 620. The van der Waals surface area contributed by atoms with Crippen LogP contribution in [0.3, 0.4) is 0 Å². The first-order chi connectivity index (χ1) is 9.82. The van der Waals surface area contributed by atoms with Gasteiger partial charge in [-0.1, -0.05) is 12.1 Å². The second-order valence-corrected chi connectivity index (χ2v) is 6.83. The van der Waals surface area contributed by atoms with E-state index in [0.29, 0.717) is 25.2 Å². The maximum Gasteiger partial charge on any atom is 0.240 e. The largest absolute Gasteiger partial charge is 0.348 e. The summed E-state index contributed by atoms with van der Waals surface area (Å²) >= 11 is 0. The number of benzene rings is 1. The van der Waals surface area contributed by atoms with Crippen LogP contribution in [0, 0.1) is 0 Å². The zero-order valence-electron chi connectivity index (χ0n) is 12.1. The van der Waals surface area contributed by atoms with Crippen molar-refractivity contribution in [2.75, 3.05) is 19.8 Å². The Morgan fingerprint density at radius 1 is 1.33 bits per heavy atom. The summed E-state index contributed by atoms with van der Waals surface area (Å²) in [6, 6.07) is 5.96. The van der Waals surface area contributed by atoms with Gasteiger partial charge in [0.1, 0.15) is 0 Å². The molecule has 0 aromatic heterocycles. The van der Waals surface area contributed by atoms with Crippen molar-refractivity contribution in [3.8, 4) is 0 Å². The molecule has 0 saturated carbocycles. The molecule has 21 heavy (non-hydrogen) atoms. The molecule has 1 aromatic rings. The summed E-state index contributed by atoms with van der Waals surface area (Å²) in [5.41, 5.74) is 0.368. The molecule has 0 spiro atoms. The second kappa shape index (κ2) is 6.23. The van der Waals surface area contributed by atoms with Crippen LogP contribution < -0.4 is 4.72 Å². The lowest BCUT2D eigenvalue weighted by Crippen LogP contribution is -2.33. The highest BCUT2D eigenvalue weighted by molar-refractivity contribution is 7.89. The van der Waals surface area contributed by atoms with Gasteiger partial charge in [-0.15, -0.1) is 0 Å². The van der Waals surface area contributed by atoms with E-state index < -0.39 is 15.8 Å². The van der Waals surface area contributed by atoms with E-state index in [2.05, 4.69) is 4.72 Å². The highest BCUT2D eigenvalue weighted by Crippen LogP contribution is 2.22. The van der Waals surface area contributed by atoms with Gasteiger partial charge in [0, 0.05) is 18.5 Å². The van der Waals surface area contributed by atoms with E-state index in [0.717, 1.165) is 0 Å². The van der Waals surface area contributed by atoms with Crippen LogP contribution in [0.15, 0.2) is 29.2 Å². The number of hydrogen-bond donors (Lipinski definition) is 1. The lowest BCUT2D eigenvalue weighted by atomic mass is 10.2. The zero-order valence-corrected chi connectivity index (χ0v) is 12.9. The molecule has 1 N–H and O–H groups in total. The van der Waals surface area contributed by atoms with E-state index in [1.807, 2.05) is 0 Å². The number of nitrogens with one attached hydrogen (secondary N) is 1. The Kier molecular flexibility index (Phi) is 4.77. The van der Waals surface area contributed by atoms with Gasteiger partial charge in [0.05, 0.1) is 18.1 Å². The fraction of sp³-hybridized carbons (Fsp3) is 0.500. The van der Waals surface area contributed by atoms with Crippen LogP contribution in [0.25, 0.3) is 0 Å². The van der Waals surface area contributed by atoms with Crippen molar-refractivity contribution in [1.29, 1.82) is 0 Å². The monoisotopic (exact) mass is 313 g/mol. The molecule has 0 unspecified atom stereocenters. The van der Waals surface area contributed by atoms with Crippen LogP contribution in [-0.4, -0.2) is 39.7 Å². The normalized spacial score (nSPS) is 17.8. The molecule has 0 amide bonds. The number of ether oxygens (including phenoxy) is 2. The van der Waals surface area contributed by atoms with E-state index in [1.165, 1.54) is 19.1 Å². The molecule has 0 aliphatic carbocycles. The van der Waals surface area contributed by atoms with Gasteiger partial charge in [-0.2, -0.15) is 0 Å². The number of ketones is 1. The quantitative estimate of drug-likeness (QED) is 0.801. The lowest BCUT2D eigenvalue weighted by Gasteiger charge is -2.22. The predicted molar refractivity (Wildman–Crippen MR) is 76.6 cm³/mol. The van der Waals surface area contributed by atoms with Crippen molar-refractivity contribution in [3.05, 3.63) is 29.8 Å². The molecule has 0 radical (unpaired) electrons. The Hall–Kier alpha value is -1.28. The highest BCUT2D eigenvalue weighted by atomic mass is 32.2. The third-order valence-electron chi connectivity index (χ3n) is 3.32. The summed E-state index contributed by atoms with van der Waals surface area (Å²) in [5, 5.41) is 0. The molecule has 1 heterocycles. The third kappa shape index (κ3) is 4.10. The number of carbonyl (C=O) groups is 1. The molecule has 1 aromatic carbocycles. The van der Waals surface area contributed by atoms with Crippen molar-refractivity contribution in [2.24, 2.45) is 0 Å². The summed E-state index contributed by atoms with van der Waals surface area (Å²) in [6.45, 7) is 4.41. The van der Waals surface area contributed by atoms with E-state index in [4.69, 9.17) is 9.47 Å². The van der Waals surface area contributed by atoms with Crippen LogP contribution in [-0.2, 0) is 19.5 Å². The van der Waals surface area contributed by atoms with E-state index >= 15 is 0 Å². The molecule has 0 bridgehead atoms. The van der Waals surface area contributed by atoms with Gasteiger partial charge in [0.25, 0.3) is 0 Å². The van der Waals surface area contributed by atoms with Gasteiger partial charge < -0.3 is 9.47 Å². The van der Waals surface area contributed by atoms with Crippen LogP contribution in [0.5, 0.6) is 0 Å². The number of Topliss-reactive ketones (excluding diaryl/α,β-unsaturated/α-hetero) is 1. The van der Waals surface area contributed by atoms with E-state index in [1.54, 1.807) is 19.1 Å². The minimum absolute atomic E-state index is 0.0774. The fourth-order valence-electron chi connectivity index (χ4n) is 2.08. The van der Waals surface area contributed by atoms with Crippen molar-refractivity contribution in [2.45, 2.75) is 31.0 Å². The Morgan fingerprint density at radius 3 is 2.62 bits per heavy atom. The van der Waals surface area contributed by atoms with Crippen LogP contribution in [0.1, 0.15) is 30.6 Å². The van der Waals surface area contributed by atoms with Crippen molar-refractivity contribution < 1.29 is 22.7 Å². The summed E-state index contributed by atoms with van der Waals surface area (Å²) < 4.78 is 37.7. The smallest absolute Gasteiger partial charge is 0.240 e. The van der Waals surface area contributed by atoms with Gasteiger partial charge in [-0.3, -0.25) is 4.79 Å². The minimum atomic E-state index is -3.65. The number of carbonyl (C=O) groups excluding carboxylic acids is 1. The Morgan fingerprint density at radius 2 is 2.00 bits per heavy atom. The Labute approximate surface area is 124 Å². The average molecular weight is 313 g/mol. The average Bonchev–Trinajstić information content (AvgIpc) is 2.85. The SMILES string of the molecule is CC(=O)c1cccc(S(=O)(=O)NCCC2(C)OCCO2)c1. The minimum Gasteiger partial charge on any atom is -0.348 e. The van der Waals surface area contributed by atoms with Gasteiger partial charge in [-0.05, 0) is 26.0 Å². The zero-order chi connectivity index (χ0) is 15.5. The first-order valence-electron chi connectivity index (χ1n) is 6.71. The summed E-state index contributed by atoms with van der Waals surface area (Å²) in [7, 11) is -3.65. The van der Waals surface area contributed by atoms with Crippen LogP contribution in [0.4, 0.5) is 0 Å². The van der Waals surface area contributed by atoms with E-state index in [9.17, 15) is 13.2 Å². The molecule has 0 atom stereocenters. The molecule has 116 valence electrons. The molecule has 1 aliphatic rings. The molecular weight excluding hydrogens is 294 g/mol. The van der Waals surface area contributed by atoms with Crippen molar-refractivity contribution in [3.63, 3.8) is 0 Å². The maximum atomic E-state index is 12.2. The topological polar surface area (TPSA) is 81.7 Å². The van der Waals surface area contributed by atoms with Crippen molar-refractivity contribution in [1.82, 2.24) is 4.72 Å². The molecule has 7 heteroatoms. The summed E-state index contributed by atoms with van der Waals surface area (Å²) in [4.78, 5) is 11.4. The van der Waals surface area contributed by atoms with Gasteiger partial charge >= 0.3 is 0 Å². The molecule has 6 nitrogen and oxygen atoms in total. The van der Waals surface area contributed by atoms with Gasteiger partial charge in [0.15, 0.2) is 11.6 Å². The van der Waals surface area contributed by atoms with Crippen molar-refractivity contribution >= 4 is 15.8 Å². The standard InChI is InChI=1S/C14H19NO5S/c1-11(16)12-4-3-5-13(10-12)21(17,18)15-7-6-14(2)19-8-9-20-14/h3-5,10,15H,6-9H2,1-2H3. The third-order valence-corrected chi connectivity index (χ3v) is 4.78. The van der Waals surface area contributed by atoms with Crippen LogP contribution in [0.2, 0.25) is 0 Å². The maximum absolute atomic E-state index is 12.2. The summed E-state index contributed by atoms with van der Waals surface area (Å²) in [6.07, 6.45) is 0.415. The molecular formula is C14H19NO5S. The first-order valence-corrected chi connectivity index (χ1v) is 8.19. The predicted octanol–water partition coefficient (Wildman–Crippen LogP) is 1.32. The highest BCUT2D eigenvalue weighted by Gasteiger charge is 2.30. The lowest BCUT2D eigenvalue weighted by molar-refractivity contribution is -0.145. The van der Waals surface area contributed by atoms with Gasteiger partial charge in [0.2, 0.25) is 10.0 Å². The fourth-order valence-corrected chi connectivity index (χ4v) is 3.16. The van der Waals surface area contributed by atoms with Crippen LogP contribution >= 0.6 is 0 Å². The van der Waals surface area contributed by atoms with Gasteiger partial charge in [-0.25, -0.2) is 13.1 Å². The number of rotatable bonds is 6. The number of hydrogen-bond acceptors (Lipinski definition) is 5. The molecule has 1 fully saturated rings.